The molecule has 27 heavy (non-hydrogen) atoms. The van der Waals surface area contributed by atoms with Crippen molar-refractivity contribution in [1.82, 2.24) is 9.55 Å². The molecule has 0 unspecified atom stereocenters. The van der Waals surface area contributed by atoms with Crippen LogP contribution >= 0.6 is 11.3 Å². The van der Waals surface area contributed by atoms with Crippen LogP contribution in [-0.2, 0) is 30.6 Å². The number of rotatable bonds is 6. The van der Waals surface area contributed by atoms with Crippen molar-refractivity contribution in [1.29, 1.82) is 0 Å². The Labute approximate surface area is 161 Å². The first-order valence-corrected chi connectivity index (χ1v) is 10.3. The predicted molar refractivity (Wildman–Crippen MR) is 108 cm³/mol. The molecule has 0 aliphatic heterocycles. The average Bonchev–Trinajstić information content (AvgIpc) is 3.03. The molecular weight excluding hydrogens is 358 g/mol. The summed E-state index contributed by atoms with van der Waals surface area (Å²) >= 11 is 1.68. The van der Waals surface area contributed by atoms with Gasteiger partial charge in [0.15, 0.2) is 0 Å². The Hall–Kier alpha value is -2.47. The summed E-state index contributed by atoms with van der Waals surface area (Å²) in [4.78, 5) is 31.6. The SMILES string of the molecule is NC(=O)CCCn1c(Cc2ccccc2)nc2sc3c(c2c1=O)CCCC3. The molecule has 0 radical (unpaired) electrons. The van der Waals surface area contributed by atoms with Crippen LogP contribution in [0, 0.1) is 0 Å². The third-order valence-electron chi connectivity index (χ3n) is 5.16. The van der Waals surface area contributed by atoms with E-state index in [1.165, 1.54) is 16.9 Å². The lowest BCUT2D eigenvalue weighted by molar-refractivity contribution is -0.118. The number of primary amides is 1. The van der Waals surface area contributed by atoms with E-state index in [0.717, 1.165) is 40.9 Å². The lowest BCUT2D eigenvalue weighted by Gasteiger charge is -2.14. The first-order chi connectivity index (χ1) is 13.1. The van der Waals surface area contributed by atoms with E-state index in [9.17, 15) is 9.59 Å². The smallest absolute Gasteiger partial charge is 0.262 e. The molecule has 0 fully saturated rings. The van der Waals surface area contributed by atoms with Crippen LogP contribution in [0.1, 0.15) is 47.5 Å². The van der Waals surface area contributed by atoms with Crippen LogP contribution in [0.4, 0.5) is 0 Å². The topological polar surface area (TPSA) is 78.0 Å². The van der Waals surface area contributed by atoms with Gasteiger partial charge in [-0.25, -0.2) is 4.98 Å². The van der Waals surface area contributed by atoms with E-state index in [1.54, 1.807) is 15.9 Å². The summed E-state index contributed by atoms with van der Waals surface area (Å²) in [5.41, 5.74) is 7.64. The van der Waals surface area contributed by atoms with Gasteiger partial charge in [-0.1, -0.05) is 30.3 Å². The maximum atomic E-state index is 13.4. The third-order valence-corrected chi connectivity index (χ3v) is 6.35. The van der Waals surface area contributed by atoms with Crippen LogP contribution in [-0.4, -0.2) is 15.5 Å². The zero-order chi connectivity index (χ0) is 18.8. The molecular formula is C21H23N3O2S. The highest BCUT2D eigenvalue weighted by molar-refractivity contribution is 7.18. The molecule has 4 rings (SSSR count). The molecule has 6 heteroatoms. The highest BCUT2D eigenvalue weighted by Gasteiger charge is 2.22. The van der Waals surface area contributed by atoms with Gasteiger partial charge in [0.1, 0.15) is 10.7 Å². The molecule has 140 valence electrons. The van der Waals surface area contributed by atoms with E-state index in [2.05, 4.69) is 0 Å². The summed E-state index contributed by atoms with van der Waals surface area (Å²) in [5.74, 6) is 0.427. The lowest BCUT2D eigenvalue weighted by atomic mass is 9.97. The van der Waals surface area contributed by atoms with E-state index in [1.807, 2.05) is 30.3 Å². The van der Waals surface area contributed by atoms with Gasteiger partial charge in [0.2, 0.25) is 5.91 Å². The highest BCUT2D eigenvalue weighted by atomic mass is 32.1. The van der Waals surface area contributed by atoms with E-state index < -0.39 is 0 Å². The first kappa shape index (κ1) is 17.9. The number of hydrogen-bond acceptors (Lipinski definition) is 4. The molecule has 0 bridgehead atoms. The number of nitrogens with zero attached hydrogens (tertiary/aromatic N) is 2. The number of thiophene rings is 1. The van der Waals surface area contributed by atoms with E-state index in [0.29, 0.717) is 19.4 Å². The maximum Gasteiger partial charge on any atom is 0.262 e. The summed E-state index contributed by atoms with van der Waals surface area (Å²) in [6.45, 7) is 0.470. The van der Waals surface area contributed by atoms with Gasteiger partial charge in [-0.15, -0.1) is 11.3 Å². The normalized spacial score (nSPS) is 13.6. The summed E-state index contributed by atoms with van der Waals surface area (Å²) < 4.78 is 1.76. The molecule has 0 saturated heterocycles. The average molecular weight is 382 g/mol. The molecule has 1 amide bonds. The molecule has 1 aliphatic rings. The van der Waals surface area contributed by atoms with Gasteiger partial charge in [-0.3, -0.25) is 14.2 Å². The summed E-state index contributed by atoms with van der Waals surface area (Å²) in [5, 5.41) is 0.797. The van der Waals surface area contributed by atoms with Gasteiger partial charge >= 0.3 is 0 Å². The van der Waals surface area contributed by atoms with E-state index in [-0.39, 0.29) is 17.9 Å². The minimum Gasteiger partial charge on any atom is -0.370 e. The zero-order valence-electron chi connectivity index (χ0n) is 15.2. The minimum atomic E-state index is -0.338. The van der Waals surface area contributed by atoms with Crippen molar-refractivity contribution in [3.8, 4) is 0 Å². The Balaban J connectivity index is 1.81. The number of benzene rings is 1. The van der Waals surface area contributed by atoms with Crippen LogP contribution in [0.25, 0.3) is 10.2 Å². The standard InChI is InChI=1S/C21H23N3O2S/c22-17(25)11-6-12-24-18(13-14-7-2-1-3-8-14)23-20-19(21(24)26)15-9-4-5-10-16(15)27-20/h1-3,7-8H,4-6,9-13H2,(H2,22,25). The fourth-order valence-electron chi connectivity index (χ4n) is 3.84. The maximum absolute atomic E-state index is 13.4. The van der Waals surface area contributed by atoms with Gasteiger partial charge in [-0.05, 0) is 43.2 Å². The number of aromatic nitrogens is 2. The Bertz CT molecular complexity index is 1040. The number of carbonyl (C=O) groups is 1. The first-order valence-electron chi connectivity index (χ1n) is 9.49. The van der Waals surface area contributed by atoms with Crippen molar-refractivity contribution in [2.24, 2.45) is 5.73 Å². The van der Waals surface area contributed by atoms with Gasteiger partial charge in [0, 0.05) is 24.3 Å². The largest absolute Gasteiger partial charge is 0.370 e. The number of amides is 1. The fourth-order valence-corrected chi connectivity index (χ4v) is 5.11. The van der Waals surface area contributed by atoms with Crippen molar-refractivity contribution >= 4 is 27.5 Å². The second kappa shape index (κ2) is 7.64. The predicted octanol–water partition coefficient (Wildman–Crippen LogP) is 3.19. The van der Waals surface area contributed by atoms with Gasteiger partial charge in [-0.2, -0.15) is 0 Å². The quantitative estimate of drug-likeness (QED) is 0.712. The van der Waals surface area contributed by atoms with Crippen molar-refractivity contribution in [3.63, 3.8) is 0 Å². The Morgan fingerprint density at radius 2 is 1.96 bits per heavy atom. The molecule has 2 aromatic heterocycles. The highest BCUT2D eigenvalue weighted by Crippen LogP contribution is 2.34. The summed E-state index contributed by atoms with van der Waals surface area (Å²) in [6.07, 6.45) is 5.75. The second-order valence-corrected chi connectivity index (χ2v) is 8.19. The van der Waals surface area contributed by atoms with Crippen LogP contribution in [0.2, 0.25) is 0 Å². The Kier molecular flexibility index (Phi) is 5.07. The van der Waals surface area contributed by atoms with Gasteiger partial charge in [0.05, 0.1) is 5.39 Å². The van der Waals surface area contributed by atoms with Crippen molar-refractivity contribution in [2.45, 2.75) is 51.5 Å². The van der Waals surface area contributed by atoms with Crippen molar-refractivity contribution in [3.05, 3.63) is 62.5 Å². The fraction of sp³-hybridized carbons (Fsp3) is 0.381. The molecule has 2 N–H and O–H groups in total. The lowest BCUT2D eigenvalue weighted by Crippen LogP contribution is -2.26. The van der Waals surface area contributed by atoms with Crippen LogP contribution < -0.4 is 11.3 Å². The number of carbonyl (C=O) groups excluding carboxylic acids is 1. The van der Waals surface area contributed by atoms with Crippen molar-refractivity contribution in [2.75, 3.05) is 0 Å². The van der Waals surface area contributed by atoms with Crippen molar-refractivity contribution < 1.29 is 4.79 Å². The molecule has 5 nitrogen and oxygen atoms in total. The molecule has 3 aromatic rings. The number of aryl methyl sites for hydroxylation is 2. The zero-order valence-corrected chi connectivity index (χ0v) is 16.1. The van der Waals surface area contributed by atoms with Crippen LogP contribution in [0.3, 0.4) is 0 Å². The van der Waals surface area contributed by atoms with Crippen LogP contribution in [0.15, 0.2) is 35.1 Å². The summed E-state index contributed by atoms with van der Waals surface area (Å²) in [7, 11) is 0. The molecule has 0 saturated carbocycles. The number of fused-ring (bicyclic) bond motifs is 3. The number of hydrogen-bond donors (Lipinski definition) is 1. The van der Waals surface area contributed by atoms with Crippen LogP contribution in [0.5, 0.6) is 0 Å². The molecule has 0 spiro atoms. The molecule has 0 atom stereocenters. The van der Waals surface area contributed by atoms with E-state index in [4.69, 9.17) is 10.7 Å². The molecule has 1 aromatic carbocycles. The number of nitrogens with two attached hydrogens (primary N) is 1. The Morgan fingerprint density at radius 3 is 2.74 bits per heavy atom. The minimum absolute atomic E-state index is 0.0369. The van der Waals surface area contributed by atoms with Gasteiger partial charge in [0.25, 0.3) is 5.56 Å². The van der Waals surface area contributed by atoms with Gasteiger partial charge < -0.3 is 5.73 Å². The third kappa shape index (κ3) is 3.67. The second-order valence-electron chi connectivity index (χ2n) is 7.11. The molecule has 2 heterocycles. The summed E-state index contributed by atoms with van der Waals surface area (Å²) in [6, 6.07) is 10.1. The molecule has 1 aliphatic carbocycles. The Morgan fingerprint density at radius 1 is 1.19 bits per heavy atom. The monoisotopic (exact) mass is 381 g/mol. The van der Waals surface area contributed by atoms with E-state index >= 15 is 0 Å².